The van der Waals surface area contributed by atoms with Gasteiger partial charge < -0.3 is 4.74 Å². The normalized spacial score (nSPS) is 26.5. The first-order chi connectivity index (χ1) is 7.28. The molecule has 0 aromatic carbocycles. The summed E-state index contributed by atoms with van der Waals surface area (Å²) in [6.45, 7) is 2.29. The lowest BCUT2D eigenvalue weighted by Gasteiger charge is -2.26. The Bertz CT molecular complexity index is 315. The summed E-state index contributed by atoms with van der Waals surface area (Å²) in [7, 11) is 0. The molecule has 0 radical (unpaired) electrons. The average molecular weight is 246 g/mol. The number of rotatable bonds is 3. The molecule has 1 aliphatic carbocycles. The van der Waals surface area contributed by atoms with Gasteiger partial charge in [-0.05, 0) is 25.2 Å². The van der Waals surface area contributed by atoms with Crippen LogP contribution in [0.1, 0.15) is 37.5 Å². The monoisotopic (exact) mass is 245 g/mol. The summed E-state index contributed by atoms with van der Waals surface area (Å²) in [5.41, 5.74) is 0. The first kappa shape index (κ1) is 11.2. The maximum absolute atomic E-state index is 5.86. The van der Waals surface area contributed by atoms with Crippen molar-refractivity contribution < 1.29 is 4.74 Å². The van der Waals surface area contributed by atoms with Crippen molar-refractivity contribution in [3.8, 4) is 5.19 Å². The summed E-state index contributed by atoms with van der Waals surface area (Å²) >= 11 is 7.28. The van der Waals surface area contributed by atoms with Crippen molar-refractivity contribution in [2.24, 2.45) is 5.92 Å². The summed E-state index contributed by atoms with van der Waals surface area (Å²) in [6.07, 6.45) is 7.11. The van der Waals surface area contributed by atoms with Gasteiger partial charge in [0.2, 0.25) is 0 Å². The van der Waals surface area contributed by atoms with E-state index in [1.54, 1.807) is 17.5 Å². The Labute approximate surface area is 99.6 Å². The molecule has 1 aliphatic rings. The molecular formula is C11H16ClNOS. The standard InChI is InChI=1S/C11H16ClNOS/c1-8-3-2-4-9(5-8)14-11-13-7-10(6-12)15-11/h7-9H,2-6H2,1H3. The fourth-order valence-electron chi connectivity index (χ4n) is 2.03. The van der Waals surface area contributed by atoms with Crippen LogP contribution in [0.3, 0.4) is 0 Å². The second-order valence-electron chi connectivity index (χ2n) is 4.24. The Kier molecular flexibility index (Phi) is 3.87. The van der Waals surface area contributed by atoms with Crippen LogP contribution in [0.4, 0.5) is 0 Å². The summed E-state index contributed by atoms with van der Waals surface area (Å²) in [5.74, 6) is 1.32. The summed E-state index contributed by atoms with van der Waals surface area (Å²) in [6, 6.07) is 0. The van der Waals surface area contributed by atoms with Gasteiger partial charge in [0.05, 0.1) is 5.88 Å². The van der Waals surface area contributed by atoms with Gasteiger partial charge in [-0.2, -0.15) is 0 Å². The molecule has 0 aliphatic heterocycles. The van der Waals surface area contributed by atoms with Crippen molar-refractivity contribution in [1.29, 1.82) is 0 Å². The third-order valence-corrected chi connectivity index (χ3v) is 4.15. The van der Waals surface area contributed by atoms with Gasteiger partial charge in [0.15, 0.2) is 0 Å². The molecule has 0 bridgehead atoms. The molecule has 1 aromatic rings. The van der Waals surface area contributed by atoms with E-state index in [9.17, 15) is 0 Å². The third kappa shape index (κ3) is 3.08. The molecule has 0 saturated heterocycles. The molecule has 1 fully saturated rings. The molecular weight excluding hydrogens is 230 g/mol. The number of halogens is 1. The zero-order valence-corrected chi connectivity index (χ0v) is 10.5. The molecule has 2 unspecified atom stereocenters. The SMILES string of the molecule is CC1CCCC(Oc2ncc(CCl)s2)C1. The highest BCUT2D eigenvalue weighted by atomic mass is 35.5. The second-order valence-corrected chi connectivity index (χ2v) is 5.58. The van der Waals surface area contributed by atoms with E-state index in [2.05, 4.69) is 11.9 Å². The number of alkyl halides is 1. The predicted molar refractivity (Wildman–Crippen MR) is 63.7 cm³/mol. The van der Waals surface area contributed by atoms with Crippen LogP contribution < -0.4 is 4.74 Å². The largest absolute Gasteiger partial charge is 0.467 e. The smallest absolute Gasteiger partial charge is 0.273 e. The Balaban J connectivity index is 1.90. The highest BCUT2D eigenvalue weighted by molar-refractivity contribution is 7.13. The van der Waals surface area contributed by atoms with Crippen molar-refractivity contribution in [1.82, 2.24) is 4.98 Å². The Morgan fingerprint density at radius 1 is 1.60 bits per heavy atom. The topological polar surface area (TPSA) is 22.1 Å². The van der Waals surface area contributed by atoms with Crippen LogP contribution in [0, 0.1) is 5.92 Å². The Morgan fingerprint density at radius 2 is 2.47 bits per heavy atom. The first-order valence-corrected chi connectivity index (χ1v) is 6.80. The summed E-state index contributed by atoms with van der Waals surface area (Å²) in [5, 5.41) is 0.782. The molecule has 0 amide bonds. The maximum atomic E-state index is 5.86. The maximum Gasteiger partial charge on any atom is 0.273 e. The molecule has 2 atom stereocenters. The van der Waals surface area contributed by atoms with E-state index < -0.39 is 0 Å². The average Bonchev–Trinajstić information content (AvgIpc) is 2.65. The fourth-order valence-corrected chi connectivity index (χ4v) is 2.94. The van der Waals surface area contributed by atoms with Crippen LogP contribution in [-0.2, 0) is 5.88 Å². The van der Waals surface area contributed by atoms with Gasteiger partial charge in [0.1, 0.15) is 6.10 Å². The van der Waals surface area contributed by atoms with E-state index >= 15 is 0 Å². The number of nitrogens with zero attached hydrogens (tertiary/aromatic N) is 1. The van der Waals surface area contributed by atoms with Crippen LogP contribution in [-0.4, -0.2) is 11.1 Å². The lowest BCUT2D eigenvalue weighted by molar-refractivity contribution is 0.129. The van der Waals surface area contributed by atoms with Gasteiger partial charge >= 0.3 is 0 Å². The second kappa shape index (κ2) is 5.17. The minimum Gasteiger partial charge on any atom is -0.467 e. The molecule has 1 aromatic heterocycles. The minimum absolute atomic E-state index is 0.364. The van der Waals surface area contributed by atoms with Gasteiger partial charge in [0, 0.05) is 11.1 Å². The molecule has 0 spiro atoms. The molecule has 2 nitrogen and oxygen atoms in total. The van der Waals surface area contributed by atoms with E-state index in [-0.39, 0.29) is 0 Å². The number of thiazole rings is 1. The molecule has 1 heterocycles. The molecule has 84 valence electrons. The summed E-state index contributed by atoms with van der Waals surface area (Å²) in [4.78, 5) is 5.30. The van der Waals surface area contributed by atoms with Crippen LogP contribution in [0.15, 0.2) is 6.20 Å². The van der Waals surface area contributed by atoms with Crippen molar-refractivity contribution >= 4 is 22.9 Å². The van der Waals surface area contributed by atoms with E-state index in [1.807, 2.05) is 0 Å². The van der Waals surface area contributed by atoms with Gasteiger partial charge in [-0.1, -0.05) is 24.7 Å². The van der Waals surface area contributed by atoms with Gasteiger partial charge in [0.25, 0.3) is 5.19 Å². The highest BCUT2D eigenvalue weighted by Crippen LogP contribution is 2.29. The lowest BCUT2D eigenvalue weighted by Crippen LogP contribution is -2.23. The van der Waals surface area contributed by atoms with Gasteiger partial charge in [-0.25, -0.2) is 4.98 Å². The highest BCUT2D eigenvalue weighted by Gasteiger charge is 2.21. The quantitative estimate of drug-likeness (QED) is 0.755. The van der Waals surface area contributed by atoms with Crippen LogP contribution in [0.2, 0.25) is 0 Å². The molecule has 2 rings (SSSR count). The van der Waals surface area contributed by atoms with Crippen molar-refractivity contribution in [3.63, 3.8) is 0 Å². The van der Waals surface area contributed by atoms with Gasteiger partial charge in [-0.15, -0.1) is 11.6 Å². The summed E-state index contributed by atoms with van der Waals surface area (Å²) < 4.78 is 5.86. The first-order valence-electron chi connectivity index (χ1n) is 5.45. The fraction of sp³-hybridized carbons (Fsp3) is 0.727. The predicted octanol–water partition coefficient (Wildman–Crippen LogP) is 3.84. The van der Waals surface area contributed by atoms with Crippen LogP contribution >= 0.6 is 22.9 Å². The zero-order chi connectivity index (χ0) is 10.7. The number of ether oxygens (including phenoxy) is 1. The molecule has 15 heavy (non-hydrogen) atoms. The van der Waals surface area contributed by atoms with E-state index in [0.29, 0.717) is 12.0 Å². The Hall–Kier alpha value is -0.280. The number of hydrogen-bond donors (Lipinski definition) is 0. The minimum atomic E-state index is 0.364. The van der Waals surface area contributed by atoms with E-state index in [0.717, 1.165) is 22.4 Å². The number of hydrogen-bond acceptors (Lipinski definition) is 3. The van der Waals surface area contributed by atoms with Crippen molar-refractivity contribution in [2.75, 3.05) is 0 Å². The molecule has 1 saturated carbocycles. The van der Waals surface area contributed by atoms with Crippen molar-refractivity contribution in [3.05, 3.63) is 11.1 Å². The van der Waals surface area contributed by atoms with E-state index in [1.165, 1.54) is 19.3 Å². The van der Waals surface area contributed by atoms with Crippen LogP contribution in [0.5, 0.6) is 5.19 Å². The Morgan fingerprint density at radius 3 is 3.13 bits per heavy atom. The van der Waals surface area contributed by atoms with E-state index in [4.69, 9.17) is 16.3 Å². The van der Waals surface area contributed by atoms with Crippen LogP contribution in [0.25, 0.3) is 0 Å². The lowest BCUT2D eigenvalue weighted by atomic mass is 9.89. The molecule has 0 N–H and O–H groups in total. The molecule has 4 heteroatoms. The zero-order valence-electron chi connectivity index (χ0n) is 8.91. The number of aromatic nitrogens is 1. The van der Waals surface area contributed by atoms with Crippen molar-refractivity contribution in [2.45, 2.75) is 44.6 Å². The third-order valence-electron chi connectivity index (χ3n) is 2.82. The van der Waals surface area contributed by atoms with Gasteiger partial charge in [-0.3, -0.25) is 0 Å².